The number of ether oxygens (including phenoxy) is 1. The van der Waals surface area contributed by atoms with Crippen molar-refractivity contribution in [2.24, 2.45) is 0 Å². The van der Waals surface area contributed by atoms with E-state index < -0.39 is 0 Å². The molecular weight excluding hydrogens is 178 g/mol. The summed E-state index contributed by atoms with van der Waals surface area (Å²) in [5.74, 6) is -0.265. The zero-order valence-electron chi connectivity index (χ0n) is 8.12. The number of nitrogens with zero attached hydrogens (tertiary/aromatic N) is 1. The maximum atomic E-state index is 11.4. The van der Waals surface area contributed by atoms with Crippen molar-refractivity contribution in [3.05, 3.63) is 34.9 Å². The Morgan fingerprint density at radius 3 is 3.14 bits per heavy atom. The van der Waals surface area contributed by atoms with Crippen LogP contribution in [0.25, 0.3) is 0 Å². The maximum Gasteiger partial charge on any atom is 0.338 e. The molecule has 14 heavy (non-hydrogen) atoms. The first-order chi connectivity index (χ1) is 6.83. The van der Waals surface area contributed by atoms with E-state index in [1.54, 1.807) is 6.07 Å². The van der Waals surface area contributed by atoms with Gasteiger partial charge in [0.05, 0.1) is 12.7 Å². The summed E-state index contributed by atoms with van der Waals surface area (Å²) in [4.78, 5) is 11.4. The Bertz CT molecular complexity index is 360. The first-order valence-electron chi connectivity index (χ1n) is 4.65. The fourth-order valence-electron chi connectivity index (χ4n) is 1.75. The van der Waals surface area contributed by atoms with Crippen LogP contribution in [0.3, 0.4) is 0 Å². The third-order valence-corrected chi connectivity index (χ3v) is 2.49. The molecule has 73 valence electrons. The third kappa shape index (κ3) is 1.51. The zero-order chi connectivity index (χ0) is 9.97. The number of benzene rings is 1. The van der Waals surface area contributed by atoms with Crippen molar-refractivity contribution in [2.45, 2.75) is 13.0 Å². The molecule has 2 rings (SSSR count). The normalized spacial score (nSPS) is 14.6. The van der Waals surface area contributed by atoms with Gasteiger partial charge in [-0.3, -0.25) is 0 Å². The van der Waals surface area contributed by atoms with Crippen molar-refractivity contribution in [1.29, 1.82) is 0 Å². The van der Waals surface area contributed by atoms with Crippen molar-refractivity contribution in [2.75, 3.05) is 13.7 Å². The summed E-state index contributed by atoms with van der Waals surface area (Å²) in [5.41, 5.74) is 2.92. The van der Waals surface area contributed by atoms with Gasteiger partial charge in [0.25, 0.3) is 0 Å². The summed E-state index contributed by atoms with van der Waals surface area (Å²) in [6, 6.07) is 5.75. The highest BCUT2D eigenvalue weighted by Crippen LogP contribution is 2.19. The molecule has 0 atom stereocenters. The van der Waals surface area contributed by atoms with E-state index in [2.05, 4.69) is 11.4 Å². The second kappa shape index (κ2) is 3.80. The van der Waals surface area contributed by atoms with Crippen LogP contribution >= 0.6 is 0 Å². The van der Waals surface area contributed by atoms with Gasteiger partial charge in [-0.1, -0.05) is 12.1 Å². The van der Waals surface area contributed by atoms with Crippen LogP contribution in [0, 0.1) is 0 Å². The lowest BCUT2D eigenvalue weighted by Crippen LogP contribution is -2.20. The minimum Gasteiger partial charge on any atom is -0.465 e. The summed E-state index contributed by atoms with van der Waals surface area (Å²) in [5, 5.41) is 4.29. The lowest BCUT2D eigenvalue weighted by Gasteiger charge is -2.17. The van der Waals surface area contributed by atoms with Gasteiger partial charge >= 0.3 is 5.97 Å². The van der Waals surface area contributed by atoms with Gasteiger partial charge in [-0.05, 0) is 23.6 Å². The fraction of sp³-hybridized carbons (Fsp3) is 0.364. The van der Waals surface area contributed by atoms with Crippen LogP contribution in [0.5, 0.6) is 0 Å². The predicted molar refractivity (Wildman–Crippen MR) is 52.2 cm³/mol. The summed E-state index contributed by atoms with van der Waals surface area (Å²) in [6.45, 7) is 1.50. The molecule has 0 spiro atoms. The monoisotopic (exact) mass is 190 g/mol. The van der Waals surface area contributed by atoms with Gasteiger partial charge in [-0.15, -0.1) is 0 Å². The van der Waals surface area contributed by atoms with E-state index in [1.807, 2.05) is 6.07 Å². The Balaban J connectivity index is 2.45. The van der Waals surface area contributed by atoms with E-state index in [0.717, 1.165) is 18.5 Å². The average Bonchev–Trinajstić information content (AvgIpc) is 2.27. The van der Waals surface area contributed by atoms with Gasteiger partial charge in [0, 0.05) is 13.1 Å². The van der Waals surface area contributed by atoms with Crippen LogP contribution in [-0.2, 0) is 17.7 Å². The number of carbonyl (C=O) groups is 1. The van der Waals surface area contributed by atoms with Gasteiger partial charge in [-0.25, -0.2) is 10.1 Å². The van der Waals surface area contributed by atoms with Crippen molar-refractivity contribution in [3.63, 3.8) is 0 Å². The van der Waals surface area contributed by atoms with E-state index in [1.165, 1.54) is 12.7 Å². The molecule has 0 amide bonds. The summed E-state index contributed by atoms with van der Waals surface area (Å²) < 4.78 is 4.72. The highest BCUT2D eigenvalue weighted by molar-refractivity contribution is 5.91. The van der Waals surface area contributed by atoms with E-state index in [4.69, 9.17) is 4.74 Å². The second-order valence-electron chi connectivity index (χ2n) is 3.29. The van der Waals surface area contributed by atoms with Gasteiger partial charge in [0.1, 0.15) is 0 Å². The molecule has 0 fully saturated rings. The Hall–Kier alpha value is -1.35. The summed E-state index contributed by atoms with van der Waals surface area (Å²) in [7, 11) is 1.40. The van der Waals surface area contributed by atoms with Crippen LogP contribution in [0.1, 0.15) is 21.5 Å². The molecule has 0 saturated carbocycles. The van der Waals surface area contributed by atoms with E-state index in [-0.39, 0.29) is 5.97 Å². The highest BCUT2D eigenvalue weighted by Gasteiger charge is 2.17. The molecular formula is C11H12NO2. The van der Waals surface area contributed by atoms with Crippen molar-refractivity contribution in [1.82, 2.24) is 5.32 Å². The highest BCUT2D eigenvalue weighted by atomic mass is 16.5. The molecule has 0 saturated heterocycles. The topological polar surface area (TPSA) is 40.4 Å². The lowest BCUT2D eigenvalue weighted by molar-refractivity contribution is 0.0599. The molecule has 0 bridgehead atoms. The number of methoxy groups -OCH3 is 1. The molecule has 0 aromatic heterocycles. The third-order valence-electron chi connectivity index (χ3n) is 2.49. The van der Waals surface area contributed by atoms with Crippen LogP contribution < -0.4 is 5.32 Å². The molecule has 3 heteroatoms. The Labute approximate surface area is 83.1 Å². The molecule has 0 unspecified atom stereocenters. The molecule has 3 nitrogen and oxygen atoms in total. The molecule has 1 aliphatic heterocycles. The Morgan fingerprint density at radius 2 is 2.36 bits per heavy atom. The molecule has 1 aromatic carbocycles. The summed E-state index contributed by atoms with van der Waals surface area (Å²) >= 11 is 0. The number of fused-ring (bicyclic) bond motifs is 1. The van der Waals surface area contributed by atoms with Gasteiger partial charge in [0.15, 0.2) is 0 Å². The maximum absolute atomic E-state index is 11.4. The molecule has 1 radical (unpaired) electrons. The molecule has 1 heterocycles. The molecule has 0 aliphatic carbocycles. The van der Waals surface area contributed by atoms with Crippen LogP contribution in [0.2, 0.25) is 0 Å². The second-order valence-corrected chi connectivity index (χ2v) is 3.29. The fourth-order valence-corrected chi connectivity index (χ4v) is 1.75. The van der Waals surface area contributed by atoms with Crippen LogP contribution in [0.4, 0.5) is 0 Å². The SMILES string of the molecule is COC(=O)c1cccc2c1C[N]CC2. The first-order valence-corrected chi connectivity index (χ1v) is 4.65. The minimum atomic E-state index is -0.265. The zero-order valence-corrected chi connectivity index (χ0v) is 8.12. The molecule has 0 N–H and O–H groups in total. The van der Waals surface area contributed by atoms with Crippen molar-refractivity contribution in [3.8, 4) is 0 Å². The standard InChI is InChI=1S/C11H12NO2/c1-14-11(13)9-4-2-3-8-5-6-12-7-10(8)9/h2-4H,5-7H2,1H3. The van der Waals surface area contributed by atoms with Crippen LogP contribution in [0.15, 0.2) is 18.2 Å². The van der Waals surface area contributed by atoms with E-state index in [9.17, 15) is 4.79 Å². The molecule has 1 aliphatic rings. The number of esters is 1. The Morgan fingerprint density at radius 1 is 1.50 bits per heavy atom. The lowest BCUT2D eigenvalue weighted by atomic mass is 9.96. The predicted octanol–water partition coefficient (Wildman–Crippen LogP) is 1.13. The van der Waals surface area contributed by atoms with E-state index in [0.29, 0.717) is 12.1 Å². The van der Waals surface area contributed by atoms with E-state index >= 15 is 0 Å². The minimum absolute atomic E-state index is 0.265. The number of rotatable bonds is 1. The van der Waals surface area contributed by atoms with Gasteiger partial charge in [0.2, 0.25) is 0 Å². The van der Waals surface area contributed by atoms with Crippen LogP contribution in [-0.4, -0.2) is 19.6 Å². The Kier molecular flexibility index (Phi) is 2.50. The number of carbonyl (C=O) groups excluding carboxylic acids is 1. The quantitative estimate of drug-likeness (QED) is 0.623. The van der Waals surface area contributed by atoms with Gasteiger partial charge < -0.3 is 4.74 Å². The average molecular weight is 190 g/mol. The number of hydrogen-bond donors (Lipinski definition) is 0. The smallest absolute Gasteiger partial charge is 0.338 e. The largest absolute Gasteiger partial charge is 0.465 e. The van der Waals surface area contributed by atoms with Crippen molar-refractivity contribution < 1.29 is 9.53 Å². The van der Waals surface area contributed by atoms with Crippen molar-refractivity contribution >= 4 is 5.97 Å². The van der Waals surface area contributed by atoms with Gasteiger partial charge in [-0.2, -0.15) is 0 Å². The number of hydrogen-bond acceptors (Lipinski definition) is 2. The molecule has 1 aromatic rings. The summed E-state index contributed by atoms with van der Waals surface area (Å²) in [6.07, 6.45) is 0.931. The first kappa shape index (κ1) is 9.21.